The molecule has 33 heavy (non-hydrogen) atoms. The number of halogens is 2. The number of aromatic nitrogens is 1. The van der Waals surface area contributed by atoms with E-state index in [1.165, 1.54) is 30.9 Å². The first-order chi connectivity index (χ1) is 15.6. The predicted octanol–water partition coefficient (Wildman–Crippen LogP) is 2.30. The molecule has 1 aliphatic heterocycles. The van der Waals surface area contributed by atoms with Gasteiger partial charge in [0.05, 0.1) is 23.3 Å². The number of hydrogen-bond donors (Lipinski definition) is 2. The van der Waals surface area contributed by atoms with Crippen molar-refractivity contribution >= 4 is 39.2 Å². The lowest BCUT2D eigenvalue weighted by atomic mass is 10.1. The minimum absolute atomic E-state index is 0.0236. The number of methoxy groups -OCH3 is 1. The summed E-state index contributed by atoms with van der Waals surface area (Å²) < 4.78 is 39.4. The van der Waals surface area contributed by atoms with Gasteiger partial charge in [0, 0.05) is 39.3 Å². The quantitative estimate of drug-likeness (QED) is 0.489. The maximum Gasteiger partial charge on any atom is 0.354 e. The number of benzene rings is 1. The van der Waals surface area contributed by atoms with Crippen molar-refractivity contribution in [3.8, 4) is 5.75 Å². The molecule has 0 bridgehead atoms. The molecule has 1 aromatic heterocycles. The summed E-state index contributed by atoms with van der Waals surface area (Å²) in [6, 6.07) is 7.85. The molecule has 1 atom stereocenters. The van der Waals surface area contributed by atoms with E-state index in [0.29, 0.717) is 35.4 Å². The van der Waals surface area contributed by atoms with E-state index in [9.17, 15) is 18.3 Å². The average Bonchev–Trinajstić information content (AvgIpc) is 3.18. The molecule has 2 heterocycles. The first-order valence-corrected chi connectivity index (χ1v) is 12.6. The van der Waals surface area contributed by atoms with Crippen LogP contribution in [0.25, 0.3) is 0 Å². The molecule has 0 aliphatic carbocycles. The van der Waals surface area contributed by atoms with Crippen molar-refractivity contribution in [1.82, 2.24) is 14.2 Å². The van der Waals surface area contributed by atoms with Gasteiger partial charge in [0.1, 0.15) is 17.5 Å². The summed E-state index contributed by atoms with van der Waals surface area (Å²) in [7, 11) is -1.23. The zero-order chi connectivity index (χ0) is 24.2. The number of piperidine rings is 1. The molecule has 1 fully saturated rings. The molecule has 0 amide bonds. The Hall–Kier alpha value is -1.82. The third kappa shape index (κ3) is 6.62. The molecule has 0 unspecified atom stereocenters. The predicted molar refractivity (Wildman–Crippen MR) is 124 cm³/mol. The van der Waals surface area contributed by atoms with Crippen LogP contribution in [0.5, 0.6) is 5.75 Å². The molecule has 2 aromatic rings. The third-order valence-corrected chi connectivity index (χ3v) is 7.70. The zero-order valence-corrected chi connectivity index (χ0v) is 20.7. The van der Waals surface area contributed by atoms with E-state index in [1.54, 1.807) is 18.2 Å². The summed E-state index contributed by atoms with van der Waals surface area (Å²) in [5.41, 5.74) is 0.115. The number of ether oxygens (including phenoxy) is 2. The van der Waals surface area contributed by atoms with Gasteiger partial charge < -0.3 is 24.0 Å². The van der Waals surface area contributed by atoms with E-state index < -0.39 is 22.1 Å². The first-order valence-electron chi connectivity index (χ1n) is 10.4. The van der Waals surface area contributed by atoms with E-state index >= 15 is 0 Å². The van der Waals surface area contributed by atoms with Crippen LogP contribution in [0.3, 0.4) is 0 Å². The lowest BCUT2D eigenvalue weighted by Gasteiger charge is -2.33. The maximum absolute atomic E-state index is 12.6. The van der Waals surface area contributed by atoms with Gasteiger partial charge in [-0.15, -0.1) is 0 Å². The van der Waals surface area contributed by atoms with Crippen LogP contribution < -0.4 is 9.46 Å². The molecule has 1 aliphatic rings. The van der Waals surface area contributed by atoms with Gasteiger partial charge in [0.25, 0.3) is 10.0 Å². The Balaban J connectivity index is 1.46. The lowest BCUT2D eigenvalue weighted by Crippen LogP contribution is -2.45. The average molecular weight is 520 g/mol. The van der Waals surface area contributed by atoms with Crippen molar-refractivity contribution in [1.29, 1.82) is 0 Å². The van der Waals surface area contributed by atoms with Gasteiger partial charge in [-0.25, -0.2) is 17.9 Å². The standard InChI is InChI=1S/C21H27Cl2N3O6S/c1-25-19(21(28)31-2)5-6-20(25)33(29,30)24-12-14(27)13-26-9-7-15(8-10-26)32-16-3-4-17(22)18(23)11-16/h3-6,11,14-15,24,27H,7-10,12-13H2,1-2H3/t14-/m1/s1. The number of sulfonamides is 1. The Morgan fingerprint density at radius 3 is 2.55 bits per heavy atom. The Labute approximate surface area is 203 Å². The molecule has 3 rings (SSSR count). The number of aliphatic hydroxyl groups is 1. The smallest absolute Gasteiger partial charge is 0.354 e. The van der Waals surface area contributed by atoms with Crippen molar-refractivity contribution in [2.24, 2.45) is 7.05 Å². The SMILES string of the molecule is COC(=O)c1ccc(S(=O)(=O)NC[C@@H](O)CN2CCC(Oc3ccc(Cl)c(Cl)c3)CC2)n1C. The Morgan fingerprint density at radius 1 is 1.21 bits per heavy atom. The van der Waals surface area contributed by atoms with E-state index in [0.717, 1.165) is 12.8 Å². The van der Waals surface area contributed by atoms with Crippen LogP contribution in [0.1, 0.15) is 23.3 Å². The Morgan fingerprint density at radius 2 is 1.91 bits per heavy atom. The second-order valence-electron chi connectivity index (χ2n) is 7.81. The fourth-order valence-corrected chi connectivity index (χ4v) is 5.22. The molecule has 2 N–H and O–H groups in total. The second-order valence-corrected chi connectivity index (χ2v) is 10.3. The number of carbonyl (C=O) groups excluding carboxylic acids is 1. The number of hydrogen-bond acceptors (Lipinski definition) is 7. The van der Waals surface area contributed by atoms with Crippen LogP contribution in [-0.2, 0) is 21.8 Å². The maximum atomic E-state index is 12.6. The monoisotopic (exact) mass is 519 g/mol. The van der Waals surface area contributed by atoms with Gasteiger partial charge in [0.15, 0.2) is 5.03 Å². The van der Waals surface area contributed by atoms with Gasteiger partial charge in [-0.3, -0.25) is 0 Å². The number of likely N-dealkylation sites (tertiary alicyclic amines) is 1. The Bertz CT molecular complexity index is 1080. The van der Waals surface area contributed by atoms with Crippen molar-refractivity contribution < 1.29 is 27.8 Å². The molecule has 12 heteroatoms. The molecular formula is C21H27Cl2N3O6S. The largest absolute Gasteiger partial charge is 0.490 e. The Kier molecular flexibility index (Phi) is 8.65. The van der Waals surface area contributed by atoms with Gasteiger partial charge in [-0.2, -0.15) is 0 Å². The molecule has 0 radical (unpaired) electrons. The number of aliphatic hydroxyl groups excluding tert-OH is 1. The van der Waals surface area contributed by atoms with E-state index in [1.807, 2.05) is 0 Å². The van der Waals surface area contributed by atoms with Crippen molar-refractivity contribution in [2.45, 2.75) is 30.1 Å². The van der Waals surface area contributed by atoms with E-state index in [4.69, 9.17) is 27.9 Å². The van der Waals surface area contributed by atoms with E-state index in [-0.39, 0.29) is 23.4 Å². The van der Waals surface area contributed by atoms with Crippen LogP contribution in [0.4, 0.5) is 0 Å². The van der Waals surface area contributed by atoms with Crippen molar-refractivity contribution in [3.05, 3.63) is 46.1 Å². The van der Waals surface area contributed by atoms with Crippen LogP contribution >= 0.6 is 23.2 Å². The van der Waals surface area contributed by atoms with Crippen LogP contribution in [0.2, 0.25) is 10.0 Å². The molecule has 182 valence electrons. The van der Waals surface area contributed by atoms with Gasteiger partial charge in [-0.05, 0) is 37.1 Å². The molecular weight excluding hydrogens is 493 g/mol. The fraction of sp³-hybridized carbons (Fsp3) is 0.476. The number of carbonyl (C=O) groups is 1. The second kappa shape index (κ2) is 11.1. The van der Waals surface area contributed by atoms with Gasteiger partial charge >= 0.3 is 5.97 Å². The summed E-state index contributed by atoms with van der Waals surface area (Å²) in [5, 5.41) is 11.2. The van der Waals surface area contributed by atoms with Gasteiger partial charge in [0.2, 0.25) is 0 Å². The summed E-state index contributed by atoms with van der Waals surface area (Å²) in [6.07, 6.45) is 0.652. The highest BCUT2D eigenvalue weighted by molar-refractivity contribution is 7.89. The molecule has 0 saturated carbocycles. The zero-order valence-electron chi connectivity index (χ0n) is 18.3. The number of esters is 1. The topological polar surface area (TPSA) is 110 Å². The summed E-state index contributed by atoms with van der Waals surface area (Å²) in [6.45, 7) is 1.58. The normalized spacial score (nSPS) is 16.5. The van der Waals surface area contributed by atoms with Crippen molar-refractivity contribution in [2.75, 3.05) is 33.3 Å². The minimum atomic E-state index is -3.91. The number of β-amino-alcohol motifs (C(OH)–C–C–N with tert-alkyl or cyclic N) is 1. The minimum Gasteiger partial charge on any atom is -0.490 e. The highest BCUT2D eigenvalue weighted by Crippen LogP contribution is 2.28. The first kappa shape index (κ1) is 25.8. The molecule has 0 spiro atoms. The summed E-state index contributed by atoms with van der Waals surface area (Å²) in [5.74, 6) is 0.0267. The van der Waals surface area contributed by atoms with Crippen LogP contribution in [0.15, 0.2) is 35.4 Å². The number of nitrogens with one attached hydrogen (secondary N) is 1. The fourth-order valence-electron chi connectivity index (χ4n) is 3.67. The van der Waals surface area contributed by atoms with Crippen LogP contribution in [0, 0.1) is 0 Å². The molecule has 1 saturated heterocycles. The van der Waals surface area contributed by atoms with Crippen LogP contribution in [-0.4, -0.2) is 74.5 Å². The molecule has 1 aromatic carbocycles. The highest BCUT2D eigenvalue weighted by Gasteiger charge is 2.25. The molecule has 9 nitrogen and oxygen atoms in total. The van der Waals surface area contributed by atoms with E-state index in [2.05, 4.69) is 14.4 Å². The summed E-state index contributed by atoms with van der Waals surface area (Å²) >= 11 is 12.0. The number of nitrogens with zero attached hydrogens (tertiary/aromatic N) is 2. The highest BCUT2D eigenvalue weighted by atomic mass is 35.5. The summed E-state index contributed by atoms with van der Waals surface area (Å²) in [4.78, 5) is 13.8. The van der Waals surface area contributed by atoms with Crippen molar-refractivity contribution in [3.63, 3.8) is 0 Å². The lowest BCUT2D eigenvalue weighted by molar-refractivity contribution is 0.0589. The third-order valence-electron chi connectivity index (χ3n) is 5.45. The van der Waals surface area contributed by atoms with Gasteiger partial charge in [-0.1, -0.05) is 23.2 Å². The number of rotatable bonds is 9.